The number of benzene rings is 1. The van der Waals surface area contributed by atoms with Crippen molar-refractivity contribution in [3.05, 3.63) is 35.8 Å². The number of hydrogen-bond acceptors (Lipinski definition) is 2. The molecule has 1 aromatic carbocycles. The van der Waals surface area contributed by atoms with Crippen LogP contribution in [0.3, 0.4) is 0 Å². The van der Waals surface area contributed by atoms with Gasteiger partial charge in [-0.25, -0.2) is 4.39 Å². The lowest BCUT2D eigenvalue weighted by Crippen LogP contribution is -2.36. The van der Waals surface area contributed by atoms with Gasteiger partial charge in [0, 0.05) is 30.6 Å². The number of anilines is 1. The largest absolute Gasteiger partial charge is 0.394 e. The predicted molar refractivity (Wildman–Crippen MR) is 98.6 cm³/mol. The summed E-state index contributed by atoms with van der Waals surface area (Å²) in [6.45, 7) is 1.68. The van der Waals surface area contributed by atoms with E-state index in [1.165, 1.54) is 16.8 Å². The summed E-state index contributed by atoms with van der Waals surface area (Å²) in [6.07, 6.45) is -10.6. The Labute approximate surface area is 173 Å². The summed E-state index contributed by atoms with van der Waals surface area (Å²) in [5.74, 6) is -3.32. The van der Waals surface area contributed by atoms with Crippen LogP contribution in [0.5, 0.6) is 0 Å². The second-order valence-electron chi connectivity index (χ2n) is 8.24. The molecule has 31 heavy (non-hydrogen) atoms. The maximum atomic E-state index is 13.3. The highest BCUT2D eigenvalue weighted by Crippen LogP contribution is 2.42. The van der Waals surface area contributed by atoms with Crippen LogP contribution in [0.2, 0.25) is 0 Å². The van der Waals surface area contributed by atoms with E-state index < -0.39 is 48.3 Å². The average Bonchev–Trinajstić information content (AvgIpc) is 2.97. The van der Waals surface area contributed by atoms with Crippen molar-refractivity contribution in [2.45, 2.75) is 52.0 Å². The minimum Gasteiger partial charge on any atom is -0.309 e. The molecule has 170 valence electrons. The normalized spacial score (nSPS) is 17.4. The fraction of sp³-hybridized carbons (Fsp3) is 0.500. The second-order valence-corrected chi connectivity index (χ2v) is 8.24. The molecule has 0 saturated carbocycles. The lowest BCUT2D eigenvalue weighted by molar-refractivity contribution is -0.213. The number of amides is 1. The summed E-state index contributed by atoms with van der Waals surface area (Å²) in [5.41, 5.74) is -1.68. The molecule has 0 bridgehead atoms. The van der Waals surface area contributed by atoms with Crippen LogP contribution in [0.15, 0.2) is 24.3 Å². The number of aryl methyl sites for hydroxylation is 1. The van der Waals surface area contributed by atoms with Crippen LogP contribution >= 0.6 is 0 Å². The van der Waals surface area contributed by atoms with Gasteiger partial charge in [-0.2, -0.15) is 31.4 Å². The van der Waals surface area contributed by atoms with Crippen molar-refractivity contribution < 1.29 is 35.5 Å². The van der Waals surface area contributed by atoms with Crippen LogP contribution in [0.4, 0.5) is 36.6 Å². The molecule has 0 spiro atoms. The second kappa shape index (κ2) is 7.83. The van der Waals surface area contributed by atoms with Crippen molar-refractivity contribution in [2.24, 2.45) is 11.3 Å². The summed E-state index contributed by atoms with van der Waals surface area (Å²) < 4.78 is 93.8. The zero-order valence-corrected chi connectivity index (χ0v) is 16.7. The minimum atomic E-state index is -4.63. The molecule has 0 unspecified atom stereocenters. The van der Waals surface area contributed by atoms with Crippen molar-refractivity contribution in [1.82, 2.24) is 9.78 Å². The molecular weight excluding hydrogens is 431 g/mol. The molecule has 0 radical (unpaired) electrons. The van der Waals surface area contributed by atoms with Crippen LogP contribution in [0.1, 0.15) is 32.4 Å². The minimum absolute atomic E-state index is 0.0718. The fourth-order valence-electron chi connectivity index (χ4n) is 3.47. The number of aromatic nitrogens is 2. The van der Waals surface area contributed by atoms with E-state index in [1.807, 2.05) is 0 Å². The number of carbonyl (C=O) groups excluding carboxylic acids is 1. The molecule has 1 amide bonds. The van der Waals surface area contributed by atoms with Crippen molar-refractivity contribution in [1.29, 1.82) is 0 Å². The first kappa shape index (κ1) is 23.1. The van der Waals surface area contributed by atoms with Crippen molar-refractivity contribution in [2.75, 3.05) is 5.32 Å². The van der Waals surface area contributed by atoms with E-state index in [-0.39, 0.29) is 30.0 Å². The first-order chi connectivity index (χ1) is 14.2. The summed E-state index contributed by atoms with van der Waals surface area (Å²) in [5, 5.41) is 6.46. The molecular formula is C20H20F7N3O. The third-order valence-corrected chi connectivity index (χ3v) is 5.41. The molecule has 4 nitrogen and oxygen atoms in total. The van der Waals surface area contributed by atoms with Crippen molar-refractivity contribution in [3.63, 3.8) is 0 Å². The number of rotatable bonds is 4. The summed E-state index contributed by atoms with van der Waals surface area (Å²) >= 11 is 0. The maximum absolute atomic E-state index is 13.3. The average molecular weight is 451 g/mol. The first-order valence-electron chi connectivity index (χ1n) is 9.48. The van der Waals surface area contributed by atoms with E-state index in [9.17, 15) is 35.5 Å². The van der Waals surface area contributed by atoms with Gasteiger partial charge < -0.3 is 5.32 Å². The Bertz CT molecular complexity index is 959. The SMILES string of the molecule is CC(C)(CC(=O)Nc1nn2c(c1-c1ccc(F)cc1)C[C@@H](C(F)(F)F)CC2)C(F)(F)F. The Hall–Kier alpha value is -2.59. The van der Waals surface area contributed by atoms with Crippen LogP contribution in [-0.2, 0) is 17.8 Å². The zero-order chi connectivity index (χ0) is 23.2. The van der Waals surface area contributed by atoms with Crippen LogP contribution in [0.25, 0.3) is 11.1 Å². The molecule has 1 N–H and O–H groups in total. The number of hydrogen-bond donors (Lipinski definition) is 1. The molecule has 2 heterocycles. The van der Waals surface area contributed by atoms with Gasteiger partial charge in [-0.3, -0.25) is 9.48 Å². The molecule has 11 heteroatoms. The smallest absolute Gasteiger partial charge is 0.309 e. The lowest BCUT2D eigenvalue weighted by atomic mass is 9.88. The quantitative estimate of drug-likeness (QED) is 0.604. The number of halogens is 7. The summed E-state index contributed by atoms with van der Waals surface area (Å²) in [6, 6.07) is 4.84. The molecule has 1 aromatic heterocycles. The van der Waals surface area contributed by atoms with Gasteiger partial charge in [0.15, 0.2) is 5.82 Å². The molecule has 1 aliphatic rings. The molecule has 0 fully saturated rings. The van der Waals surface area contributed by atoms with Crippen LogP contribution < -0.4 is 5.32 Å². The highest BCUT2D eigenvalue weighted by Gasteiger charge is 2.48. The van der Waals surface area contributed by atoms with E-state index in [0.717, 1.165) is 26.0 Å². The highest BCUT2D eigenvalue weighted by atomic mass is 19.4. The summed E-state index contributed by atoms with van der Waals surface area (Å²) in [4.78, 5) is 12.3. The van der Waals surface area contributed by atoms with Gasteiger partial charge in [0.2, 0.25) is 5.91 Å². The number of nitrogens with zero attached hydrogens (tertiary/aromatic N) is 2. The first-order valence-corrected chi connectivity index (χ1v) is 9.48. The Morgan fingerprint density at radius 1 is 1.13 bits per heavy atom. The third kappa shape index (κ3) is 4.85. The van der Waals surface area contributed by atoms with Crippen molar-refractivity contribution >= 4 is 11.7 Å². The van der Waals surface area contributed by atoms with E-state index in [0.29, 0.717) is 5.56 Å². The maximum Gasteiger partial charge on any atom is 0.394 e. The van der Waals surface area contributed by atoms with Gasteiger partial charge in [0.25, 0.3) is 0 Å². The molecule has 1 aliphatic heterocycles. The standard InChI is InChI=1S/C20H20F7N3O/c1-18(2,20(25,26)27)10-15(31)28-17-16(11-3-5-13(21)6-4-11)14-9-12(19(22,23)24)7-8-30(14)29-17/h3-6,12H,7-10H2,1-2H3,(H,28,29,31)/t12-/m0/s1. The number of fused-ring (bicyclic) bond motifs is 1. The van der Waals surface area contributed by atoms with Crippen LogP contribution in [0, 0.1) is 17.2 Å². The van der Waals surface area contributed by atoms with E-state index in [4.69, 9.17) is 0 Å². The van der Waals surface area contributed by atoms with Gasteiger partial charge in [0.1, 0.15) is 5.82 Å². The molecule has 1 atom stereocenters. The van der Waals surface area contributed by atoms with E-state index in [2.05, 4.69) is 10.4 Å². The Morgan fingerprint density at radius 3 is 2.29 bits per heavy atom. The zero-order valence-electron chi connectivity index (χ0n) is 16.7. The number of alkyl halides is 6. The number of carbonyl (C=O) groups is 1. The third-order valence-electron chi connectivity index (χ3n) is 5.41. The predicted octanol–water partition coefficient (Wildman–Crippen LogP) is 5.73. The Morgan fingerprint density at radius 2 is 1.74 bits per heavy atom. The molecule has 0 aliphatic carbocycles. The van der Waals surface area contributed by atoms with Gasteiger partial charge in [-0.1, -0.05) is 26.0 Å². The van der Waals surface area contributed by atoms with Gasteiger partial charge in [-0.05, 0) is 24.1 Å². The monoisotopic (exact) mass is 451 g/mol. The Kier molecular flexibility index (Phi) is 5.83. The molecule has 2 aromatic rings. The van der Waals surface area contributed by atoms with E-state index in [1.54, 1.807) is 0 Å². The van der Waals surface area contributed by atoms with Crippen molar-refractivity contribution in [3.8, 4) is 11.1 Å². The molecule has 0 saturated heterocycles. The topological polar surface area (TPSA) is 46.9 Å². The van der Waals surface area contributed by atoms with Gasteiger partial charge in [0.05, 0.1) is 11.3 Å². The lowest BCUT2D eigenvalue weighted by Gasteiger charge is -2.26. The van der Waals surface area contributed by atoms with Gasteiger partial charge in [-0.15, -0.1) is 0 Å². The van der Waals surface area contributed by atoms with Gasteiger partial charge >= 0.3 is 12.4 Å². The highest BCUT2D eigenvalue weighted by molar-refractivity contribution is 5.95. The van der Waals surface area contributed by atoms with Crippen LogP contribution in [-0.4, -0.2) is 28.0 Å². The number of nitrogens with one attached hydrogen (secondary N) is 1. The summed E-state index contributed by atoms with van der Waals surface area (Å²) in [7, 11) is 0. The fourth-order valence-corrected chi connectivity index (χ4v) is 3.47. The Balaban J connectivity index is 1.98. The van der Waals surface area contributed by atoms with E-state index >= 15 is 0 Å². The molecule has 3 rings (SSSR count).